The van der Waals surface area contributed by atoms with Gasteiger partial charge in [-0.1, -0.05) is 41.5 Å². The molecule has 5 nitrogen and oxygen atoms in total. The lowest BCUT2D eigenvalue weighted by Gasteiger charge is -2.42. The summed E-state index contributed by atoms with van der Waals surface area (Å²) in [7, 11) is -3.92. The van der Waals surface area contributed by atoms with Crippen LogP contribution >= 0.6 is 0 Å². The summed E-state index contributed by atoms with van der Waals surface area (Å²) in [5.74, 6) is -1.21. The molecule has 0 aromatic rings. The molecular weight excluding hydrogens is 376 g/mol. The van der Waals surface area contributed by atoms with Gasteiger partial charge in [0, 0.05) is 6.42 Å². The van der Waals surface area contributed by atoms with Crippen molar-refractivity contribution in [3.8, 4) is 0 Å². The molecule has 2 fully saturated rings. The van der Waals surface area contributed by atoms with Gasteiger partial charge >= 0.3 is 5.97 Å². The smallest absolute Gasteiger partial charge is 0.339 e. The summed E-state index contributed by atoms with van der Waals surface area (Å²) in [6, 6.07) is 6.11. The Labute approximate surface area is 167 Å². The van der Waals surface area contributed by atoms with E-state index in [1.54, 1.807) is 0 Å². The van der Waals surface area contributed by atoms with Crippen LogP contribution in [0.2, 0.25) is 36.3 Å². The van der Waals surface area contributed by atoms with Crippen LogP contribution < -0.4 is 0 Å². The van der Waals surface area contributed by atoms with Crippen LogP contribution in [0.25, 0.3) is 0 Å². The first-order chi connectivity index (χ1) is 12.9. The second kappa shape index (κ2) is 9.52. The first-order valence-electron chi connectivity index (χ1n) is 11.1. The normalized spacial score (nSPS) is 29.3. The highest BCUT2D eigenvalue weighted by Gasteiger charge is 2.61. The fourth-order valence-corrected chi connectivity index (χ4v) is 10.1. The van der Waals surface area contributed by atoms with E-state index in [9.17, 15) is 4.79 Å². The van der Waals surface area contributed by atoms with Crippen LogP contribution in [0.5, 0.6) is 0 Å². The number of esters is 1. The van der Waals surface area contributed by atoms with Crippen LogP contribution in [0.3, 0.4) is 0 Å². The number of ether oxygens (including phenoxy) is 2. The minimum absolute atomic E-state index is 0.277. The van der Waals surface area contributed by atoms with Crippen LogP contribution in [0.15, 0.2) is 0 Å². The predicted octanol–water partition coefficient (Wildman–Crippen LogP) is 5.22. The van der Waals surface area contributed by atoms with E-state index in [0.29, 0.717) is 13.0 Å². The summed E-state index contributed by atoms with van der Waals surface area (Å²) >= 11 is 0. The Hall–Kier alpha value is -0.216. The molecule has 2 aliphatic heterocycles. The molecule has 0 N–H and O–H groups in total. The van der Waals surface area contributed by atoms with Gasteiger partial charge in [-0.15, -0.1) is 0 Å². The Morgan fingerprint density at radius 3 is 1.85 bits per heavy atom. The summed E-state index contributed by atoms with van der Waals surface area (Å²) in [4.78, 5) is 13.0. The Morgan fingerprint density at radius 1 is 0.889 bits per heavy atom. The average Bonchev–Trinajstić information content (AvgIpc) is 2.94. The zero-order chi connectivity index (χ0) is 20.1. The van der Waals surface area contributed by atoms with E-state index in [2.05, 4.69) is 41.5 Å². The summed E-state index contributed by atoms with van der Waals surface area (Å²) < 4.78 is 25.6. The van der Waals surface area contributed by atoms with E-state index < -0.39 is 34.6 Å². The maximum atomic E-state index is 13.0. The highest BCUT2D eigenvalue weighted by Crippen LogP contribution is 2.43. The van der Waals surface area contributed by atoms with E-state index in [-0.39, 0.29) is 5.97 Å². The Balaban J connectivity index is 2.38. The van der Waals surface area contributed by atoms with Crippen LogP contribution in [0.4, 0.5) is 0 Å². The molecule has 0 amide bonds. The SMILES string of the molecule is CC[Si](CC)(CC)O[C@@H]1[C@@H](O[Si](CC)(CC)CC)C(=O)OC12CCCCO2. The minimum Gasteiger partial charge on any atom is -0.428 e. The van der Waals surface area contributed by atoms with Gasteiger partial charge < -0.3 is 18.3 Å². The van der Waals surface area contributed by atoms with Crippen molar-refractivity contribution in [2.24, 2.45) is 0 Å². The largest absolute Gasteiger partial charge is 0.428 e. The van der Waals surface area contributed by atoms with E-state index in [1.165, 1.54) is 0 Å². The van der Waals surface area contributed by atoms with Crippen molar-refractivity contribution in [1.82, 2.24) is 0 Å². The highest BCUT2D eigenvalue weighted by atomic mass is 28.4. The highest BCUT2D eigenvalue weighted by molar-refractivity contribution is 6.74. The lowest BCUT2D eigenvalue weighted by molar-refractivity contribution is -0.256. The van der Waals surface area contributed by atoms with Crippen molar-refractivity contribution < 1.29 is 23.1 Å². The number of hydrogen-bond acceptors (Lipinski definition) is 5. The molecule has 0 aromatic carbocycles. The first kappa shape index (κ1) is 23.1. The standard InChI is InChI=1S/C20H40O5Si2/c1-7-26(8-2,9-3)24-17-18(25-27(10-4,11-5)12-6)20(23-19(17)21)15-13-14-16-22-20/h17-18H,7-16H2,1-6H3/t17-,18-,20?/m1/s1. The second-order valence-electron chi connectivity index (χ2n) is 8.10. The molecule has 0 aromatic heterocycles. The molecule has 2 aliphatic rings. The van der Waals surface area contributed by atoms with Crippen molar-refractivity contribution in [3.05, 3.63) is 0 Å². The fraction of sp³-hybridized carbons (Fsp3) is 0.950. The molecule has 0 aliphatic carbocycles. The topological polar surface area (TPSA) is 54.0 Å². The van der Waals surface area contributed by atoms with Crippen molar-refractivity contribution in [1.29, 1.82) is 0 Å². The van der Waals surface area contributed by atoms with Crippen molar-refractivity contribution in [2.75, 3.05) is 6.61 Å². The van der Waals surface area contributed by atoms with Crippen molar-refractivity contribution >= 4 is 22.6 Å². The third kappa shape index (κ3) is 4.52. The van der Waals surface area contributed by atoms with Gasteiger partial charge in [0.05, 0.1) is 6.61 Å². The third-order valence-corrected chi connectivity index (χ3v) is 16.3. The Bertz CT molecular complexity index is 468. The predicted molar refractivity (Wildman–Crippen MR) is 113 cm³/mol. The van der Waals surface area contributed by atoms with E-state index in [4.69, 9.17) is 18.3 Å². The molecule has 27 heavy (non-hydrogen) atoms. The first-order valence-corrected chi connectivity index (χ1v) is 16.2. The minimum atomic E-state index is -1.97. The second-order valence-corrected chi connectivity index (χ2v) is 17.5. The molecule has 0 bridgehead atoms. The van der Waals surface area contributed by atoms with Crippen LogP contribution in [0.1, 0.15) is 60.8 Å². The molecule has 7 heteroatoms. The molecule has 158 valence electrons. The molecule has 0 radical (unpaired) electrons. The zero-order valence-electron chi connectivity index (χ0n) is 18.3. The van der Waals surface area contributed by atoms with E-state index in [1.807, 2.05) is 0 Å². The molecule has 0 saturated carbocycles. The fourth-order valence-electron chi connectivity index (χ4n) is 4.54. The molecule has 2 saturated heterocycles. The van der Waals surface area contributed by atoms with Gasteiger partial charge in [-0.05, 0) is 49.1 Å². The number of hydrogen-bond donors (Lipinski definition) is 0. The molecular formula is C20H40O5Si2. The maximum absolute atomic E-state index is 13.0. The quantitative estimate of drug-likeness (QED) is 0.361. The summed E-state index contributed by atoms with van der Waals surface area (Å²) in [6.07, 6.45) is 1.66. The molecule has 2 rings (SSSR count). The van der Waals surface area contributed by atoms with Gasteiger partial charge in [0.1, 0.15) is 6.10 Å². The van der Waals surface area contributed by atoms with Crippen LogP contribution in [-0.4, -0.2) is 47.2 Å². The van der Waals surface area contributed by atoms with Crippen LogP contribution in [-0.2, 0) is 23.1 Å². The lowest BCUT2D eigenvalue weighted by atomic mass is 9.99. The summed E-state index contributed by atoms with van der Waals surface area (Å²) in [6.45, 7) is 13.8. The number of carbonyl (C=O) groups excluding carboxylic acids is 1. The van der Waals surface area contributed by atoms with Gasteiger partial charge in [-0.25, -0.2) is 4.79 Å². The van der Waals surface area contributed by atoms with E-state index >= 15 is 0 Å². The maximum Gasteiger partial charge on any atom is 0.339 e. The lowest BCUT2D eigenvalue weighted by Crippen LogP contribution is -2.56. The number of rotatable bonds is 10. The molecule has 2 heterocycles. The van der Waals surface area contributed by atoms with Gasteiger partial charge in [0.25, 0.3) is 0 Å². The summed E-state index contributed by atoms with van der Waals surface area (Å²) in [5, 5.41) is 0. The summed E-state index contributed by atoms with van der Waals surface area (Å²) in [5.41, 5.74) is 0. The Morgan fingerprint density at radius 2 is 1.41 bits per heavy atom. The zero-order valence-corrected chi connectivity index (χ0v) is 20.3. The van der Waals surface area contributed by atoms with E-state index in [0.717, 1.165) is 49.1 Å². The van der Waals surface area contributed by atoms with Crippen LogP contribution in [0, 0.1) is 0 Å². The van der Waals surface area contributed by atoms with Gasteiger partial charge in [0.15, 0.2) is 22.7 Å². The number of carbonyl (C=O) groups is 1. The van der Waals surface area contributed by atoms with Crippen molar-refractivity contribution in [2.45, 2.75) is 115 Å². The average molecular weight is 417 g/mol. The molecule has 1 unspecified atom stereocenters. The Kier molecular flexibility index (Phi) is 8.13. The molecule has 1 spiro atoms. The monoisotopic (exact) mass is 416 g/mol. The molecule has 3 atom stereocenters. The third-order valence-electron chi connectivity index (χ3n) is 7.10. The van der Waals surface area contributed by atoms with Crippen molar-refractivity contribution in [3.63, 3.8) is 0 Å². The van der Waals surface area contributed by atoms with Gasteiger partial charge in [-0.2, -0.15) is 0 Å². The van der Waals surface area contributed by atoms with Gasteiger partial charge in [0.2, 0.25) is 5.79 Å². The van der Waals surface area contributed by atoms with Gasteiger partial charge in [-0.3, -0.25) is 0 Å².